The Labute approximate surface area is 126 Å². The van der Waals surface area contributed by atoms with Crippen LogP contribution in [-0.4, -0.2) is 0 Å². The Morgan fingerprint density at radius 3 is 2.65 bits per heavy atom. The minimum atomic E-state index is 1.10. The Morgan fingerprint density at radius 1 is 1.15 bits per heavy atom. The molecule has 1 aromatic carbocycles. The third-order valence-corrected chi connectivity index (χ3v) is 4.82. The molecule has 0 saturated carbocycles. The van der Waals surface area contributed by atoms with Gasteiger partial charge in [0, 0.05) is 9.58 Å². The number of fused-ring (bicyclic) bond motifs is 1. The first-order valence-corrected chi connectivity index (χ1v) is 8.49. The zero-order valence-corrected chi connectivity index (χ0v) is 13.6. The van der Waals surface area contributed by atoms with E-state index >= 15 is 0 Å². The summed E-state index contributed by atoms with van der Waals surface area (Å²) in [6.45, 7) is 6.71. The van der Waals surface area contributed by atoms with Gasteiger partial charge in [0.15, 0.2) is 0 Å². The van der Waals surface area contributed by atoms with E-state index in [0.29, 0.717) is 0 Å². The first-order chi connectivity index (χ1) is 9.81. The van der Waals surface area contributed by atoms with Crippen molar-refractivity contribution in [2.24, 2.45) is 0 Å². The van der Waals surface area contributed by atoms with Crippen LogP contribution in [0.25, 0.3) is 15.7 Å². The molecule has 0 aliphatic rings. The second-order valence-electron chi connectivity index (χ2n) is 5.04. The SMILES string of the molecule is CC/C=C\C=C(/CCC)c1sc2ccccc2c1CC. The van der Waals surface area contributed by atoms with E-state index in [1.54, 1.807) is 0 Å². The third-order valence-electron chi connectivity index (χ3n) is 3.53. The molecule has 0 aliphatic carbocycles. The number of thiophene rings is 1. The fourth-order valence-electron chi connectivity index (χ4n) is 2.57. The lowest BCUT2D eigenvalue weighted by molar-refractivity contribution is 0.973. The van der Waals surface area contributed by atoms with Crippen LogP contribution < -0.4 is 0 Å². The van der Waals surface area contributed by atoms with E-state index < -0.39 is 0 Å². The van der Waals surface area contributed by atoms with Crippen LogP contribution in [0.3, 0.4) is 0 Å². The summed E-state index contributed by atoms with van der Waals surface area (Å²) in [5.41, 5.74) is 3.02. The summed E-state index contributed by atoms with van der Waals surface area (Å²) in [6.07, 6.45) is 11.3. The topological polar surface area (TPSA) is 0 Å². The van der Waals surface area contributed by atoms with E-state index in [0.717, 1.165) is 19.3 Å². The smallest absolute Gasteiger partial charge is 0.0352 e. The van der Waals surface area contributed by atoms with E-state index in [4.69, 9.17) is 0 Å². The minimum Gasteiger partial charge on any atom is -0.135 e. The van der Waals surface area contributed by atoms with Gasteiger partial charge in [-0.3, -0.25) is 0 Å². The van der Waals surface area contributed by atoms with Crippen molar-refractivity contribution in [1.82, 2.24) is 0 Å². The number of benzene rings is 1. The molecule has 0 unspecified atom stereocenters. The van der Waals surface area contributed by atoms with Gasteiger partial charge in [-0.15, -0.1) is 11.3 Å². The molecule has 1 heterocycles. The number of hydrogen-bond acceptors (Lipinski definition) is 1. The van der Waals surface area contributed by atoms with Crippen LogP contribution in [-0.2, 0) is 6.42 Å². The number of rotatable bonds is 6. The van der Waals surface area contributed by atoms with Gasteiger partial charge >= 0.3 is 0 Å². The van der Waals surface area contributed by atoms with Crippen molar-refractivity contribution in [1.29, 1.82) is 0 Å². The maximum absolute atomic E-state index is 2.32. The van der Waals surface area contributed by atoms with Gasteiger partial charge in [-0.1, -0.05) is 63.6 Å². The highest BCUT2D eigenvalue weighted by Crippen LogP contribution is 2.37. The second kappa shape index (κ2) is 7.44. The van der Waals surface area contributed by atoms with Crippen LogP contribution in [0.4, 0.5) is 0 Å². The first-order valence-electron chi connectivity index (χ1n) is 7.68. The molecule has 1 heteroatoms. The Bertz CT molecular complexity index is 614. The van der Waals surface area contributed by atoms with Gasteiger partial charge in [-0.05, 0) is 41.9 Å². The zero-order valence-electron chi connectivity index (χ0n) is 12.8. The molecule has 0 N–H and O–H groups in total. The van der Waals surface area contributed by atoms with E-state index in [-0.39, 0.29) is 0 Å². The summed E-state index contributed by atoms with van der Waals surface area (Å²) in [5.74, 6) is 0. The Kier molecular flexibility index (Phi) is 5.60. The molecular formula is C19H24S. The molecule has 0 aliphatic heterocycles. The molecule has 1 aromatic heterocycles. The second-order valence-corrected chi connectivity index (χ2v) is 6.09. The molecule has 0 spiro atoms. The Morgan fingerprint density at radius 2 is 1.95 bits per heavy atom. The molecule has 106 valence electrons. The molecule has 0 amide bonds. The summed E-state index contributed by atoms with van der Waals surface area (Å²) in [6, 6.07) is 8.80. The van der Waals surface area contributed by atoms with Gasteiger partial charge < -0.3 is 0 Å². The van der Waals surface area contributed by atoms with Gasteiger partial charge in [0.2, 0.25) is 0 Å². The van der Waals surface area contributed by atoms with Crippen molar-refractivity contribution in [3.8, 4) is 0 Å². The molecule has 0 atom stereocenters. The average Bonchev–Trinajstić information content (AvgIpc) is 2.85. The fraction of sp³-hybridized carbons (Fsp3) is 0.368. The van der Waals surface area contributed by atoms with Crippen molar-refractivity contribution in [2.75, 3.05) is 0 Å². The number of allylic oxidation sites excluding steroid dienone is 4. The van der Waals surface area contributed by atoms with Gasteiger partial charge in [0.25, 0.3) is 0 Å². The predicted octanol–water partition coefficient (Wildman–Crippen LogP) is 6.61. The lowest BCUT2D eigenvalue weighted by Crippen LogP contribution is -1.87. The number of aryl methyl sites for hydroxylation is 1. The monoisotopic (exact) mass is 284 g/mol. The van der Waals surface area contributed by atoms with Crippen molar-refractivity contribution < 1.29 is 0 Å². The quantitative estimate of drug-likeness (QED) is 0.523. The van der Waals surface area contributed by atoms with Crippen LogP contribution in [0.2, 0.25) is 0 Å². The van der Waals surface area contributed by atoms with E-state index in [1.165, 1.54) is 32.5 Å². The lowest BCUT2D eigenvalue weighted by Gasteiger charge is -2.06. The first kappa shape index (κ1) is 15.1. The highest BCUT2D eigenvalue weighted by atomic mass is 32.1. The molecule has 2 aromatic rings. The van der Waals surface area contributed by atoms with Crippen molar-refractivity contribution in [2.45, 2.75) is 46.5 Å². The lowest BCUT2D eigenvalue weighted by atomic mass is 10.0. The number of hydrogen-bond donors (Lipinski definition) is 0. The normalized spacial score (nSPS) is 12.7. The molecule has 0 radical (unpaired) electrons. The van der Waals surface area contributed by atoms with E-state index in [2.05, 4.69) is 63.3 Å². The molecule has 0 nitrogen and oxygen atoms in total. The predicted molar refractivity (Wildman–Crippen MR) is 93.5 cm³/mol. The van der Waals surface area contributed by atoms with Gasteiger partial charge in [0.1, 0.15) is 0 Å². The maximum Gasteiger partial charge on any atom is 0.0352 e. The summed E-state index contributed by atoms with van der Waals surface area (Å²) in [7, 11) is 0. The van der Waals surface area contributed by atoms with Crippen molar-refractivity contribution in [3.05, 3.63) is 52.9 Å². The van der Waals surface area contributed by atoms with Crippen LogP contribution >= 0.6 is 11.3 Å². The standard InChI is InChI=1S/C19H24S/c1-4-7-8-12-15(11-5-2)19-16(6-3)17-13-9-10-14-18(17)20-19/h7-10,12-14H,4-6,11H2,1-3H3/b8-7-,15-12+. The summed E-state index contributed by atoms with van der Waals surface area (Å²) in [4.78, 5) is 1.50. The Hall–Kier alpha value is -1.34. The van der Waals surface area contributed by atoms with E-state index in [1.807, 2.05) is 11.3 Å². The zero-order chi connectivity index (χ0) is 14.4. The molecule has 20 heavy (non-hydrogen) atoms. The van der Waals surface area contributed by atoms with Gasteiger partial charge in [-0.25, -0.2) is 0 Å². The Balaban J connectivity index is 2.52. The molecule has 0 bridgehead atoms. The molecule has 2 rings (SSSR count). The van der Waals surface area contributed by atoms with Crippen LogP contribution in [0.15, 0.2) is 42.5 Å². The summed E-state index contributed by atoms with van der Waals surface area (Å²) >= 11 is 1.95. The van der Waals surface area contributed by atoms with Crippen molar-refractivity contribution >= 4 is 27.0 Å². The molecule has 0 fully saturated rings. The summed E-state index contributed by atoms with van der Waals surface area (Å²) in [5, 5.41) is 1.44. The van der Waals surface area contributed by atoms with Gasteiger partial charge in [0.05, 0.1) is 0 Å². The van der Waals surface area contributed by atoms with E-state index in [9.17, 15) is 0 Å². The maximum atomic E-state index is 2.32. The van der Waals surface area contributed by atoms with Crippen molar-refractivity contribution in [3.63, 3.8) is 0 Å². The molecule has 0 saturated heterocycles. The third kappa shape index (κ3) is 3.21. The summed E-state index contributed by atoms with van der Waals surface area (Å²) < 4.78 is 1.42. The van der Waals surface area contributed by atoms with Crippen LogP contribution in [0.5, 0.6) is 0 Å². The highest BCUT2D eigenvalue weighted by Gasteiger charge is 2.13. The fourth-order valence-corrected chi connectivity index (χ4v) is 3.92. The van der Waals surface area contributed by atoms with Crippen LogP contribution in [0.1, 0.15) is 50.5 Å². The minimum absolute atomic E-state index is 1.10. The molecular weight excluding hydrogens is 260 g/mol. The van der Waals surface area contributed by atoms with Gasteiger partial charge in [-0.2, -0.15) is 0 Å². The highest BCUT2D eigenvalue weighted by molar-refractivity contribution is 7.20. The largest absolute Gasteiger partial charge is 0.135 e. The average molecular weight is 284 g/mol. The van der Waals surface area contributed by atoms with Crippen LogP contribution in [0, 0.1) is 0 Å².